The van der Waals surface area contributed by atoms with Crippen LogP contribution in [0.4, 0.5) is 0 Å². The van der Waals surface area contributed by atoms with E-state index < -0.39 is 0 Å². The highest BCUT2D eigenvalue weighted by Crippen LogP contribution is 2.33. The van der Waals surface area contributed by atoms with Crippen LogP contribution in [0.5, 0.6) is 5.75 Å². The molecule has 0 aliphatic rings. The summed E-state index contributed by atoms with van der Waals surface area (Å²) in [7, 11) is 0. The number of phenols is 1. The van der Waals surface area contributed by atoms with Gasteiger partial charge in [-0.15, -0.1) is 0 Å². The minimum absolute atomic E-state index is 0.185. The third-order valence-electron chi connectivity index (χ3n) is 2.79. The number of aromatic nitrogens is 2. The van der Waals surface area contributed by atoms with Crippen LogP contribution < -0.4 is 0 Å². The molecule has 0 spiro atoms. The van der Waals surface area contributed by atoms with E-state index in [1.54, 1.807) is 24.3 Å². The van der Waals surface area contributed by atoms with E-state index in [0.29, 0.717) is 21.0 Å². The van der Waals surface area contributed by atoms with E-state index >= 15 is 0 Å². The Bertz CT molecular complexity index is 771. The van der Waals surface area contributed by atoms with Crippen LogP contribution in [0.2, 0.25) is 5.02 Å². The number of fused-ring (bicyclic) bond motifs is 1. The van der Waals surface area contributed by atoms with Crippen molar-refractivity contribution in [1.29, 1.82) is 0 Å². The fourth-order valence-electron chi connectivity index (χ4n) is 1.95. The van der Waals surface area contributed by atoms with Crippen molar-refractivity contribution in [1.82, 2.24) is 9.97 Å². The van der Waals surface area contributed by atoms with Gasteiger partial charge in [0.15, 0.2) is 4.73 Å². The number of rotatable bonds is 1. The van der Waals surface area contributed by atoms with Crippen molar-refractivity contribution in [2.75, 3.05) is 0 Å². The molecule has 0 amide bonds. The average Bonchev–Trinajstić information content (AvgIpc) is 2.38. The predicted molar refractivity (Wildman–Crippen MR) is 79.3 cm³/mol. The smallest absolute Gasteiger partial charge is 0.197 e. The van der Waals surface area contributed by atoms with Gasteiger partial charge in [0.2, 0.25) is 0 Å². The second kappa shape index (κ2) is 4.79. The first-order valence-corrected chi connectivity index (χ1v) is 6.73. The lowest BCUT2D eigenvalue weighted by atomic mass is 10.1. The van der Waals surface area contributed by atoms with Gasteiger partial charge in [-0.3, -0.25) is 0 Å². The standard InChI is InChI=1S/C14H8BrClN2O/c15-14-17-11-7-8(16)5-6-9(11)13(18-14)10-3-1-2-4-12(10)19/h1-7,19H. The lowest BCUT2D eigenvalue weighted by Crippen LogP contribution is -1.91. The van der Waals surface area contributed by atoms with E-state index in [2.05, 4.69) is 25.9 Å². The second-order valence-corrected chi connectivity index (χ2v) is 5.17. The van der Waals surface area contributed by atoms with E-state index in [0.717, 1.165) is 10.9 Å². The molecule has 5 heteroatoms. The molecular weight excluding hydrogens is 328 g/mol. The zero-order chi connectivity index (χ0) is 13.4. The van der Waals surface area contributed by atoms with E-state index in [4.69, 9.17) is 11.6 Å². The Kier molecular flexibility index (Phi) is 3.12. The predicted octanol–water partition coefficient (Wildman–Crippen LogP) is 4.42. The van der Waals surface area contributed by atoms with Crippen molar-refractivity contribution in [3.05, 3.63) is 52.2 Å². The minimum Gasteiger partial charge on any atom is -0.507 e. The van der Waals surface area contributed by atoms with E-state index in [-0.39, 0.29) is 5.75 Å². The van der Waals surface area contributed by atoms with Crippen molar-refractivity contribution in [2.24, 2.45) is 0 Å². The van der Waals surface area contributed by atoms with Crippen LogP contribution in [0, 0.1) is 0 Å². The molecule has 0 saturated heterocycles. The number of hydrogen-bond donors (Lipinski definition) is 1. The molecule has 0 aliphatic carbocycles. The average molecular weight is 336 g/mol. The Morgan fingerprint density at radius 3 is 2.63 bits per heavy atom. The van der Waals surface area contributed by atoms with Gasteiger partial charge in [0.05, 0.1) is 11.2 Å². The van der Waals surface area contributed by atoms with Gasteiger partial charge in [-0.2, -0.15) is 0 Å². The van der Waals surface area contributed by atoms with Gasteiger partial charge >= 0.3 is 0 Å². The topological polar surface area (TPSA) is 46.0 Å². The highest BCUT2D eigenvalue weighted by Gasteiger charge is 2.12. The van der Waals surface area contributed by atoms with E-state index in [1.807, 2.05) is 18.2 Å². The number of phenolic OH excluding ortho intramolecular Hbond substituents is 1. The first kappa shape index (κ1) is 12.4. The maximum atomic E-state index is 9.97. The van der Waals surface area contributed by atoms with E-state index in [9.17, 15) is 5.11 Å². The third kappa shape index (κ3) is 2.29. The lowest BCUT2D eigenvalue weighted by molar-refractivity contribution is 0.477. The van der Waals surface area contributed by atoms with Gasteiger partial charge < -0.3 is 5.11 Å². The first-order chi connectivity index (χ1) is 9.15. The number of para-hydroxylation sites is 1. The molecule has 3 rings (SSSR count). The van der Waals surface area contributed by atoms with Gasteiger partial charge in [-0.25, -0.2) is 9.97 Å². The molecular formula is C14H8BrClN2O. The van der Waals surface area contributed by atoms with Gasteiger partial charge in [0.1, 0.15) is 5.75 Å². The summed E-state index contributed by atoms with van der Waals surface area (Å²) < 4.78 is 0.459. The maximum Gasteiger partial charge on any atom is 0.197 e. The normalized spacial score (nSPS) is 10.8. The van der Waals surface area contributed by atoms with Crippen LogP contribution in [0.1, 0.15) is 0 Å². The molecule has 2 aromatic carbocycles. The number of nitrogens with zero attached hydrogens (tertiary/aromatic N) is 2. The number of benzene rings is 2. The SMILES string of the molecule is Oc1ccccc1-c1nc(Br)nc2cc(Cl)ccc12. The highest BCUT2D eigenvalue weighted by atomic mass is 79.9. The second-order valence-electron chi connectivity index (χ2n) is 4.02. The van der Waals surface area contributed by atoms with Crippen molar-refractivity contribution >= 4 is 38.4 Å². The summed E-state index contributed by atoms with van der Waals surface area (Å²) in [4.78, 5) is 8.66. The quantitative estimate of drug-likeness (QED) is 0.670. The van der Waals surface area contributed by atoms with Crippen molar-refractivity contribution in [2.45, 2.75) is 0 Å². The summed E-state index contributed by atoms with van der Waals surface area (Å²) in [5.41, 5.74) is 2.07. The molecule has 94 valence electrons. The number of halogens is 2. The van der Waals surface area contributed by atoms with Crippen LogP contribution >= 0.6 is 27.5 Å². The monoisotopic (exact) mass is 334 g/mol. The molecule has 0 atom stereocenters. The number of hydrogen-bond acceptors (Lipinski definition) is 3. The summed E-state index contributed by atoms with van der Waals surface area (Å²) in [6, 6.07) is 12.5. The lowest BCUT2D eigenvalue weighted by Gasteiger charge is -2.08. The zero-order valence-electron chi connectivity index (χ0n) is 9.64. The molecule has 0 saturated carbocycles. The molecule has 0 unspecified atom stereocenters. The van der Waals surface area contributed by atoms with Crippen molar-refractivity contribution in [3.63, 3.8) is 0 Å². The summed E-state index contributed by atoms with van der Waals surface area (Å²) in [6.45, 7) is 0. The molecule has 19 heavy (non-hydrogen) atoms. The van der Waals surface area contributed by atoms with Crippen LogP contribution in [-0.4, -0.2) is 15.1 Å². The summed E-state index contributed by atoms with van der Waals surface area (Å²) in [5.74, 6) is 0.185. The van der Waals surface area contributed by atoms with Gasteiger partial charge in [0.25, 0.3) is 0 Å². The summed E-state index contributed by atoms with van der Waals surface area (Å²) in [6.07, 6.45) is 0. The van der Waals surface area contributed by atoms with Gasteiger partial charge in [-0.05, 0) is 46.3 Å². The molecule has 0 fully saturated rings. The van der Waals surface area contributed by atoms with Crippen LogP contribution in [0.25, 0.3) is 22.2 Å². The molecule has 1 N–H and O–H groups in total. The fraction of sp³-hybridized carbons (Fsp3) is 0. The first-order valence-electron chi connectivity index (χ1n) is 5.56. The summed E-state index contributed by atoms with van der Waals surface area (Å²) in [5, 5.41) is 11.4. The number of aromatic hydroxyl groups is 1. The minimum atomic E-state index is 0.185. The Morgan fingerprint density at radius 1 is 1.05 bits per heavy atom. The molecule has 1 heterocycles. The van der Waals surface area contributed by atoms with Crippen LogP contribution in [0.15, 0.2) is 47.2 Å². The van der Waals surface area contributed by atoms with Gasteiger partial charge in [0, 0.05) is 16.0 Å². The largest absolute Gasteiger partial charge is 0.507 e. The molecule has 0 bridgehead atoms. The molecule has 0 aliphatic heterocycles. The zero-order valence-corrected chi connectivity index (χ0v) is 12.0. The van der Waals surface area contributed by atoms with Crippen LogP contribution in [0.3, 0.4) is 0 Å². The molecule has 3 aromatic rings. The maximum absolute atomic E-state index is 9.97. The Hall–Kier alpha value is -1.65. The molecule has 3 nitrogen and oxygen atoms in total. The van der Waals surface area contributed by atoms with Crippen molar-refractivity contribution < 1.29 is 5.11 Å². The third-order valence-corrected chi connectivity index (χ3v) is 3.38. The van der Waals surface area contributed by atoms with Crippen LogP contribution in [-0.2, 0) is 0 Å². The van der Waals surface area contributed by atoms with Crippen molar-refractivity contribution in [3.8, 4) is 17.0 Å². The summed E-state index contributed by atoms with van der Waals surface area (Å²) >= 11 is 9.26. The highest BCUT2D eigenvalue weighted by molar-refractivity contribution is 9.10. The Morgan fingerprint density at radius 2 is 1.84 bits per heavy atom. The van der Waals surface area contributed by atoms with Gasteiger partial charge in [-0.1, -0.05) is 23.7 Å². The Labute approximate surface area is 123 Å². The fourth-order valence-corrected chi connectivity index (χ4v) is 2.49. The Balaban J connectivity index is 2.38. The molecule has 1 aromatic heterocycles. The molecule has 0 radical (unpaired) electrons. The van der Waals surface area contributed by atoms with E-state index in [1.165, 1.54) is 0 Å².